The molecule has 3 aliphatic rings. The summed E-state index contributed by atoms with van der Waals surface area (Å²) in [4.78, 5) is 56.5. The lowest BCUT2D eigenvalue weighted by Crippen LogP contribution is -2.49. The number of aldehydes is 1. The number of phenols is 1. The van der Waals surface area contributed by atoms with Gasteiger partial charge < -0.3 is 29.8 Å². The van der Waals surface area contributed by atoms with Crippen molar-refractivity contribution in [1.82, 2.24) is 15.1 Å². The first-order chi connectivity index (χ1) is 28.2. The van der Waals surface area contributed by atoms with E-state index in [-0.39, 0.29) is 42.4 Å². The van der Waals surface area contributed by atoms with Crippen LogP contribution in [0.3, 0.4) is 0 Å². The molecule has 0 spiro atoms. The molecule has 0 aliphatic carbocycles. The third kappa shape index (κ3) is 8.72. The number of fused-ring (bicyclic) bond motifs is 1. The van der Waals surface area contributed by atoms with E-state index in [1.165, 1.54) is 23.9 Å². The van der Waals surface area contributed by atoms with E-state index in [1.54, 1.807) is 25.1 Å². The summed E-state index contributed by atoms with van der Waals surface area (Å²) in [7, 11) is 1.39. The van der Waals surface area contributed by atoms with Gasteiger partial charge in [-0.25, -0.2) is 4.39 Å². The largest absolute Gasteiger partial charge is 0.508 e. The number of piperidine rings is 1. The van der Waals surface area contributed by atoms with Gasteiger partial charge in [-0.15, -0.1) is 0 Å². The number of piperazine rings is 1. The molecular weight excluding hydrogens is 738 g/mol. The summed E-state index contributed by atoms with van der Waals surface area (Å²) in [5.41, 5.74) is 5.66. The first-order valence-electron chi connectivity index (χ1n) is 20.2. The molecule has 4 aromatic rings. The highest BCUT2D eigenvalue weighted by Gasteiger charge is 2.35. The molecule has 7 rings (SSSR count). The van der Waals surface area contributed by atoms with Gasteiger partial charge in [0, 0.05) is 94.0 Å². The zero-order valence-electron chi connectivity index (χ0n) is 33.2. The van der Waals surface area contributed by atoms with Gasteiger partial charge in [0.1, 0.15) is 29.6 Å². The van der Waals surface area contributed by atoms with Crippen LogP contribution in [0.1, 0.15) is 70.1 Å². The van der Waals surface area contributed by atoms with Gasteiger partial charge in [0.2, 0.25) is 12.3 Å². The lowest BCUT2D eigenvalue weighted by molar-refractivity contribution is -0.131. The number of carbonyl (C=O) groups excluding carboxylic acids is 4. The number of aromatic hydroxyl groups is 1. The highest BCUT2D eigenvalue weighted by Crippen LogP contribution is 2.47. The van der Waals surface area contributed by atoms with Crippen molar-refractivity contribution in [1.29, 1.82) is 0 Å². The zero-order chi connectivity index (χ0) is 40.8. The number of halogens is 1. The Morgan fingerprint density at radius 2 is 1.64 bits per heavy atom. The van der Waals surface area contributed by atoms with E-state index in [1.807, 2.05) is 17.0 Å². The maximum Gasteiger partial charge on any atom is 0.261 e. The summed E-state index contributed by atoms with van der Waals surface area (Å²) in [6.45, 7) is 8.06. The number of likely N-dealkylation sites (N-methyl/N-ethyl adjacent to an activating group) is 1. The Morgan fingerprint density at radius 1 is 0.914 bits per heavy atom. The summed E-state index contributed by atoms with van der Waals surface area (Å²) < 4.78 is 21.8. The normalized spacial score (nSPS) is 19.1. The average Bonchev–Trinajstić information content (AvgIpc) is 3.26. The number of ether oxygens (including phenoxy) is 1. The van der Waals surface area contributed by atoms with E-state index in [2.05, 4.69) is 63.6 Å². The highest BCUT2D eigenvalue weighted by molar-refractivity contribution is 6.04. The molecule has 58 heavy (non-hydrogen) atoms. The standard InChI is InChI=1S/C46H52FN5O6/c1-31-25-42(40(47)27-38(31)46(57)52(30-54)41(9-6-24-53)45(56)48-2)51-22-20-49(21-23-51)28-32-16-18-50(19-17-32)35-12-10-34(11-13-35)44-37-15-14-36(55)26-43(37)58-29-39(44)33-7-4-3-5-8-33/h3-5,7-8,10-15,24-27,30,32,39,41,44,55H,6,9,16-23,28-29H2,1-2H3,(H,48,56). The van der Waals surface area contributed by atoms with Crippen LogP contribution in [0.15, 0.2) is 84.9 Å². The maximum atomic E-state index is 15.6. The third-order valence-electron chi connectivity index (χ3n) is 12.2. The molecule has 3 atom stereocenters. The molecule has 2 saturated heterocycles. The fraction of sp³-hybridized carbons (Fsp3) is 0.391. The van der Waals surface area contributed by atoms with Crippen LogP contribution in [-0.4, -0.2) is 105 Å². The van der Waals surface area contributed by atoms with Gasteiger partial charge in [-0.1, -0.05) is 48.5 Å². The first kappa shape index (κ1) is 40.4. The monoisotopic (exact) mass is 789 g/mol. The van der Waals surface area contributed by atoms with Crippen molar-refractivity contribution in [2.45, 2.75) is 50.5 Å². The number of hydrogen-bond acceptors (Lipinski definition) is 9. The predicted molar refractivity (Wildman–Crippen MR) is 221 cm³/mol. The Balaban J connectivity index is 0.929. The number of carbonyl (C=O) groups is 4. The maximum absolute atomic E-state index is 15.6. The minimum Gasteiger partial charge on any atom is -0.508 e. The number of nitrogens with one attached hydrogen (secondary N) is 1. The molecule has 3 aliphatic heterocycles. The van der Waals surface area contributed by atoms with Crippen LogP contribution in [0.5, 0.6) is 11.5 Å². The number of amides is 3. The molecule has 0 radical (unpaired) electrons. The Labute approximate surface area is 339 Å². The van der Waals surface area contributed by atoms with Crippen molar-refractivity contribution >= 4 is 35.9 Å². The smallest absolute Gasteiger partial charge is 0.261 e. The van der Waals surface area contributed by atoms with Gasteiger partial charge >= 0.3 is 0 Å². The van der Waals surface area contributed by atoms with Crippen LogP contribution in [0.4, 0.5) is 15.8 Å². The molecule has 0 aromatic heterocycles. The molecule has 11 nitrogen and oxygen atoms in total. The SMILES string of the molecule is CNC(=O)C(CCC=O)N(C=O)C(=O)c1cc(F)c(N2CCN(CC3CCN(c4ccc(C5c6ccc(O)cc6OCC5c5ccccc5)cc4)CC3)CC2)cc1C. The van der Waals surface area contributed by atoms with E-state index < -0.39 is 23.7 Å². The molecule has 304 valence electrons. The van der Waals surface area contributed by atoms with Crippen molar-refractivity contribution in [2.75, 3.05) is 69.3 Å². The van der Waals surface area contributed by atoms with E-state index >= 15 is 4.39 Å². The van der Waals surface area contributed by atoms with Crippen LogP contribution < -0.4 is 19.9 Å². The minimum absolute atomic E-state index is 0.00188. The van der Waals surface area contributed by atoms with E-state index in [0.29, 0.717) is 43.2 Å². The molecule has 3 amide bonds. The van der Waals surface area contributed by atoms with Gasteiger partial charge in [0.25, 0.3) is 5.91 Å². The zero-order valence-corrected chi connectivity index (χ0v) is 33.2. The number of nitrogens with zero attached hydrogens (tertiary/aromatic N) is 4. The number of hydrogen-bond donors (Lipinski definition) is 2. The lowest BCUT2D eigenvalue weighted by atomic mass is 9.76. The van der Waals surface area contributed by atoms with Crippen LogP contribution in [-0.2, 0) is 14.4 Å². The van der Waals surface area contributed by atoms with Gasteiger partial charge in [-0.2, -0.15) is 0 Å². The average molecular weight is 790 g/mol. The summed E-state index contributed by atoms with van der Waals surface area (Å²) in [6, 6.07) is 26.5. The first-order valence-corrected chi connectivity index (χ1v) is 20.2. The fourth-order valence-corrected chi connectivity index (χ4v) is 8.93. The predicted octanol–water partition coefficient (Wildman–Crippen LogP) is 5.88. The topological polar surface area (TPSA) is 123 Å². The van der Waals surface area contributed by atoms with Gasteiger partial charge in [-0.3, -0.25) is 24.2 Å². The molecule has 12 heteroatoms. The molecule has 0 saturated carbocycles. The third-order valence-corrected chi connectivity index (χ3v) is 12.2. The van der Waals surface area contributed by atoms with Crippen molar-refractivity contribution in [3.8, 4) is 11.5 Å². The van der Waals surface area contributed by atoms with E-state index in [9.17, 15) is 24.3 Å². The molecular formula is C46H52FN5O6. The summed E-state index contributed by atoms with van der Waals surface area (Å²) in [5.74, 6) is -0.165. The molecule has 2 fully saturated rings. The number of benzene rings is 4. The van der Waals surface area contributed by atoms with E-state index in [4.69, 9.17) is 4.74 Å². The Hall–Kier alpha value is -5.75. The van der Waals surface area contributed by atoms with Crippen molar-refractivity contribution in [3.63, 3.8) is 0 Å². The number of imide groups is 1. The second kappa shape index (κ2) is 18.2. The number of rotatable bonds is 13. The Bertz CT molecular complexity index is 2080. The number of anilines is 2. The van der Waals surface area contributed by atoms with Crippen molar-refractivity contribution < 1.29 is 33.4 Å². The van der Waals surface area contributed by atoms with Crippen molar-refractivity contribution in [3.05, 3.63) is 119 Å². The lowest BCUT2D eigenvalue weighted by Gasteiger charge is -2.40. The van der Waals surface area contributed by atoms with Crippen LogP contribution in [0.2, 0.25) is 0 Å². The summed E-state index contributed by atoms with van der Waals surface area (Å²) >= 11 is 0. The minimum atomic E-state index is -1.18. The fourth-order valence-electron chi connectivity index (χ4n) is 8.93. The summed E-state index contributed by atoms with van der Waals surface area (Å²) in [6.07, 6.45) is 3.03. The number of phenolic OH excluding ortho intramolecular Hbond substituents is 1. The van der Waals surface area contributed by atoms with E-state index in [0.717, 1.165) is 67.8 Å². The molecule has 3 unspecified atom stereocenters. The van der Waals surface area contributed by atoms with Gasteiger partial charge in [-0.05, 0) is 79.1 Å². The van der Waals surface area contributed by atoms with Crippen molar-refractivity contribution in [2.24, 2.45) is 5.92 Å². The second-order valence-corrected chi connectivity index (χ2v) is 15.6. The molecule has 2 N–H and O–H groups in total. The quantitative estimate of drug-likeness (QED) is 0.160. The molecule has 3 heterocycles. The van der Waals surface area contributed by atoms with Gasteiger partial charge in [0.05, 0.1) is 12.3 Å². The van der Waals surface area contributed by atoms with Crippen LogP contribution >= 0.6 is 0 Å². The van der Waals surface area contributed by atoms with Gasteiger partial charge in [0.15, 0.2) is 0 Å². The molecule has 4 aromatic carbocycles. The number of aryl methyl sites for hydroxylation is 1. The highest BCUT2D eigenvalue weighted by atomic mass is 19.1. The Kier molecular flexibility index (Phi) is 12.7. The van der Waals surface area contributed by atoms with Crippen LogP contribution in [0.25, 0.3) is 0 Å². The summed E-state index contributed by atoms with van der Waals surface area (Å²) in [5, 5.41) is 12.6. The second-order valence-electron chi connectivity index (χ2n) is 15.6. The molecule has 0 bridgehead atoms. The van der Waals surface area contributed by atoms with Crippen LogP contribution in [0, 0.1) is 18.7 Å². The Morgan fingerprint density at radius 3 is 2.31 bits per heavy atom.